The standard InChI is InChI=1S/C17H21N5O3/c1-12(2)18-15(23)17(25)21-9-7-20(8-10-21)16(24)13-11-22-6-4-3-5-14(22)19-13/h3-6,11-12H,7-10H2,1-2H3,(H,18,23). The zero-order valence-electron chi connectivity index (χ0n) is 14.3. The van der Waals surface area contributed by atoms with E-state index in [9.17, 15) is 14.4 Å². The molecule has 3 amide bonds. The van der Waals surface area contributed by atoms with Gasteiger partial charge >= 0.3 is 11.8 Å². The van der Waals surface area contributed by atoms with Crippen molar-refractivity contribution in [3.05, 3.63) is 36.3 Å². The average molecular weight is 343 g/mol. The first kappa shape index (κ1) is 16.9. The van der Waals surface area contributed by atoms with Crippen LogP contribution in [0.1, 0.15) is 24.3 Å². The third-order valence-electron chi connectivity index (χ3n) is 4.05. The number of hydrogen-bond acceptors (Lipinski definition) is 4. The van der Waals surface area contributed by atoms with Crippen LogP contribution in [0, 0.1) is 0 Å². The summed E-state index contributed by atoms with van der Waals surface area (Å²) in [7, 11) is 0. The summed E-state index contributed by atoms with van der Waals surface area (Å²) < 4.78 is 1.79. The van der Waals surface area contributed by atoms with Crippen LogP contribution in [-0.4, -0.2) is 69.1 Å². The van der Waals surface area contributed by atoms with Crippen molar-refractivity contribution in [2.75, 3.05) is 26.2 Å². The summed E-state index contributed by atoms with van der Waals surface area (Å²) in [6, 6.07) is 5.48. The van der Waals surface area contributed by atoms with E-state index in [4.69, 9.17) is 0 Å². The topological polar surface area (TPSA) is 87.0 Å². The van der Waals surface area contributed by atoms with Gasteiger partial charge in [-0.05, 0) is 26.0 Å². The second kappa shape index (κ2) is 6.92. The number of hydrogen-bond donors (Lipinski definition) is 1. The fourth-order valence-corrected chi connectivity index (χ4v) is 2.78. The number of aromatic nitrogens is 2. The molecule has 1 N–H and O–H groups in total. The predicted molar refractivity (Wildman–Crippen MR) is 91.0 cm³/mol. The van der Waals surface area contributed by atoms with Gasteiger partial charge in [0.2, 0.25) is 0 Å². The highest BCUT2D eigenvalue weighted by Crippen LogP contribution is 2.10. The fourth-order valence-electron chi connectivity index (χ4n) is 2.78. The van der Waals surface area contributed by atoms with Gasteiger partial charge < -0.3 is 19.5 Å². The maximum absolute atomic E-state index is 12.6. The van der Waals surface area contributed by atoms with Crippen molar-refractivity contribution in [1.29, 1.82) is 0 Å². The summed E-state index contributed by atoms with van der Waals surface area (Å²) in [6.45, 7) is 5.04. The van der Waals surface area contributed by atoms with Crippen LogP contribution in [0.25, 0.3) is 5.65 Å². The van der Waals surface area contributed by atoms with Crippen molar-refractivity contribution in [3.63, 3.8) is 0 Å². The van der Waals surface area contributed by atoms with Gasteiger partial charge in [0.15, 0.2) is 0 Å². The molecule has 0 radical (unpaired) electrons. The van der Waals surface area contributed by atoms with Gasteiger partial charge in [-0.3, -0.25) is 14.4 Å². The van der Waals surface area contributed by atoms with E-state index in [1.165, 1.54) is 4.90 Å². The molecule has 132 valence electrons. The molecule has 1 aliphatic heterocycles. The smallest absolute Gasteiger partial charge is 0.312 e. The minimum atomic E-state index is -0.602. The fraction of sp³-hybridized carbons (Fsp3) is 0.412. The van der Waals surface area contributed by atoms with Gasteiger partial charge in [-0.15, -0.1) is 0 Å². The van der Waals surface area contributed by atoms with Crippen LogP contribution in [0.3, 0.4) is 0 Å². The number of fused-ring (bicyclic) bond motifs is 1. The predicted octanol–water partition coefficient (Wildman–Crippen LogP) is 0.143. The molecule has 8 nitrogen and oxygen atoms in total. The normalized spacial score (nSPS) is 14.8. The van der Waals surface area contributed by atoms with Crippen molar-refractivity contribution in [2.24, 2.45) is 0 Å². The highest BCUT2D eigenvalue weighted by molar-refractivity contribution is 6.35. The second-order valence-electron chi connectivity index (χ2n) is 6.30. The molecule has 0 spiro atoms. The van der Waals surface area contributed by atoms with Gasteiger partial charge in [0, 0.05) is 44.6 Å². The molecule has 3 rings (SSSR count). The molecule has 8 heteroatoms. The lowest BCUT2D eigenvalue weighted by molar-refractivity contribution is -0.147. The summed E-state index contributed by atoms with van der Waals surface area (Å²) >= 11 is 0. The summed E-state index contributed by atoms with van der Waals surface area (Å²) in [5.41, 5.74) is 1.09. The Morgan fingerprint density at radius 3 is 2.40 bits per heavy atom. The first-order valence-corrected chi connectivity index (χ1v) is 8.28. The van der Waals surface area contributed by atoms with Gasteiger partial charge in [0.1, 0.15) is 11.3 Å². The van der Waals surface area contributed by atoms with Crippen LogP contribution in [0.5, 0.6) is 0 Å². The minimum absolute atomic E-state index is 0.0886. The molecule has 2 aromatic rings. The summed E-state index contributed by atoms with van der Waals surface area (Å²) in [6.07, 6.45) is 3.54. The number of carbonyl (C=O) groups is 3. The van der Waals surface area contributed by atoms with Gasteiger partial charge in [-0.1, -0.05) is 6.07 Å². The van der Waals surface area contributed by atoms with Crippen LogP contribution in [-0.2, 0) is 9.59 Å². The lowest BCUT2D eigenvalue weighted by atomic mass is 10.2. The number of carbonyl (C=O) groups excluding carboxylic acids is 3. The van der Waals surface area contributed by atoms with E-state index >= 15 is 0 Å². The van der Waals surface area contributed by atoms with Gasteiger partial charge in [-0.2, -0.15) is 0 Å². The molecule has 0 unspecified atom stereocenters. The number of piperazine rings is 1. The monoisotopic (exact) mass is 343 g/mol. The number of amides is 3. The summed E-state index contributed by atoms with van der Waals surface area (Å²) in [5, 5.41) is 2.59. The number of imidazole rings is 1. The Hall–Kier alpha value is -2.90. The average Bonchev–Trinajstić information content (AvgIpc) is 3.04. The zero-order chi connectivity index (χ0) is 18.0. The van der Waals surface area contributed by atoms with E-state index in [-0.39, 0.29) is 11.9 Å². The number of rotatable bonds is 2. The Morgan fingerprint density at radius 2 is 1.76 bits per heavy atom. The second-order valence-corrected chi connectivity index (χ2v) is 6.30. The van der Waals surface area contributed by atoms with Crippen LogP contribution < -0.4 is 5.32 Å². The van der Waals surface area contributed by atoms with Gasteiger partial charge in [0.05, 0.1) is 0 Å². The Bertz CT molecular complexity index is 772. The molecule has 1 aliphatic rings. The van der Waals surface area contributed by atoms with E-state index in [1.807, 2.05) is 24.4 Å². The van der Waals surface area contributed by atoms with E-state index < -0.39 is 11.8 Å². The van der Waals surface area contributed by atoms with Crippen molar-refractivity contribution in [1.82, 2.24) is 24.5 Å². The Kier molecular flexibility index (Phi) is 4.69. The maximum Gasteiger partial charge on any atom is 0.312 e. The molecule has 0 saturated carbocycles. The summed E-state index contributed by atoms with van der Waals surface area (Å²) in [5.74, 6) is -1.31. The lowest BCUT2D eigenvalue weighted by Crippen LogP contribution is -2.54. The van der Waals surface area contributed by atoms with Crippen molar-refractivity contribution in [3.8, 4) is 0 Å². The van der Waals surface area contributed by atoms with E-state index in [0.29, 0.717) is 37.5 Å². The van der Waals surface area contributed by atoms with E-state index in [1.54, 1.807) is 29.3 Å². The minimum Gasteiger partial charge on any atom is -0.346 e. The van der Waals surface area contributed by atoms with Crippen molar-refractivity contribution in [2.45, 2.75) is 19.9 Å². The Morgan fingerprint density at radius 1 is 1.08 bits per heavy atom. The summed E-state index contributed by atoms with van der Waals surface area (Å²) in [4.78, 5) is 43.9. The molecular weight excluding hydrogens is 322 g/mol. The third-order valence-corrected chi connectivity index (χ3v) is 4.05. The molecule has 2 aromatic heterocycles. The highest BCUT2D eigenvalue weighted by Gasteiger charge is 2.29. The zero-order valence-corrected chi connectivity index (χ0v) is 14.3. The van der Waals surface area contributed by atoms with Crippen molar-refractivity contribution >= 4 is 23.4 Å². The SMILES string of the molecule is CC(C)NC(=O)C(=O)N1CCN(C(=O)c2cn3ccccc3n2)CC1. The third kappa shape index (κ3) is 3.62. The molecule has 1 saturated heterocycles. The molecule has 1 fully saturated rings. The Labute approximate surface area is 145 Å². The number of nitrogens with one attached hydrogen (secondary N) is 1. The van der Waals surface area contributed by atoms with E-state index in [0.717, 1.165) is 0 Å². The van der Waals surface area contributed by atoms with Crippen LogP contribution in [0.4, 0.5) is 0 Å². The van der Waals surface area contributed by atoms with E-state index in [2.05, 4.69) is 10.3 Å². The molecular formula is C17H21N5O3. The first-order chi connectivity index (χ1) is 12.0. The van der Waals surface area contributed by atoms with Crippen molar-refractivity contribution < 1.29 is 14.4 Å². The molecule has 0 atom stereocenters. The molecule has 0 aliphatic carbocycles. The quantitative estimate of drug-likeness (QED) is 0.786. The lowest BCUT2D eigenvalue weighted by Gasteiger charge is -2.34. The van der Waals surface area contributed by atoms with Gasteiger partial charge in [-0.25, -0.2) is 4.98 Å². The van der Waals surface area contributed by atoms with Crippen LogP contribution in [0.15, 0.2) is 30.6 Å². The molecule has 0 bridgehead atoms. The number of nitrogens with zero attached hydrogens (tertiary/aromatic N) is 4. The van der Waals surface area contributed by atoms with Crippen LogP contribution >= 0.6 is 0 Å². The first-order valence-electron chi connectivity index (χ1n) is 8.28. The van der Waals surface area contributed by atoms with Gasteiger partial charge in [0.25, 0.3) is 5.91 Å². The number of pyridine rings is 1. The molecule has 0 aromatic carbocycles. The molecule has 3 heterocycles. The molecule has 25 heavy (non-hydrogen) atoms. The largest absolute Gasteiger partial charge is 0.346 e. The maximum atomic E-state index is 12.6. The highest BCUT2D eigenvalue weighted by atomic mass is 16.2. The van der Waals surface area contributed by atoms with Crippen LogP contribution in [0.2, 0.25) is 0 Å². The Balaban J connectivity index is 1.61.